The zero-order valence-corrected chi connectivity index (χ0v) is 16.0. The Morgan fingerprint density at radius 3 is 2.45 bits per heavy atom. The van der Waals surface area contributed by atoms with Crippen molar-refractivity contribution < 1.29 is 18.4 Å². The van der Waals surface area contributed by atoms with Crippen LogP contribution in [0.5, 0.6) is 0 Å². The summed E-state index contributed by atoms with van der Waals surface area (Å²) in [6.07, 6.45) is 5.25. The van der Waals surface area contributed by atoms with Gasteiger partial charge in [0.2, 0.25) is 5.91 Å². The molecule has 1 saturated carbocycles. The number of aromatic nitrogens is 2. The van der Waals surface area contributed by atoms with E-state index in [1.807, 2.05) is 4.90 Å². The second kappa shape index (κ2) is 6.64. The second-order valence-electron chi connectivity index (χ2n) is 8.16. The maximum absolute atomic E-state index is 14.1. The fourth-order valence-corrected chi connectivity index (χ4v) is 4.80. The van der Waals surface area contributed by atoms with Crippen molar-refractivity contribution in [2.24, 2.45) is 5.92 Å². The predicted octanol–water partition coefficient (Wildman–Crippen LogP) is 2.61. The number of hydrogen-bond acceptors (Lipinski definition) is 3. The summed E-state index contributed by atoms with van der Waals surface area (Å²) in [5.74, 6) is -2.09. The largest absolute Gasteiger partial charge is 0.348 e. The van der Waals surface area contributed by atoms with Gasteiger partial charge in [-0.3, -0.25) is 9.59 Å². The Labute approximate surface area is 166 Å². The first-order valence-electron chi connectivity index (χ1n) is 10.1. The molecule has 1 N–H and O–H groups in total. The number of likely N-dealkylation sites (tertiary alicyclic amines) is 1. The molecule has 1 aromatic heterocycles. The van der Waals surface area contributed by atoms with Gasteiger partial charge in [-0.15, -0.1) is 0 Å². The Morgan fingerprint density at radius 1 is 1.10 bits per heavy atom. The van der Waals surface area contributed by atoms with Crippen molar-refractivity contribution in [3.8, 4) is 0 Å². The van der Waals surface area contributed by atoms with Gasteiger partial charge >= 0.3 is 0 Å². The fourth-order valence-electron chi connectivity index (χ4n) is 4.80. The zero-order valence-electron chi connectivity index (χ0n) is 16.0. The molecule has 1 spiro atoms. The van der Waals surface area contributed by atoms with E-state index in [2.05, 4.69) is 9.97 Å². The summed E-state index contributed by atoms with van der Waals surface area (Å²) < 4.78 is 28.1. The molecule has 1 saturated heterocycles. The number of halogens is 2. The Kier molecular flexibility index (Phi) is 4.18. The van der Waals surface area contributed by atoms with Crippen molar-refractivity contribution in [3.63, 3.8) is 0 Å². The van der Waals surface area contributed by atoms with E-state index in [0.29, 0.717) is 32.5 Å². The quantitative estimate of drug-likeness (QED) is 0.843. The Hall–Kier alpha value is -2.77. The lowest BCUT2D eigenvalue weighted by atomic mass is 9.78. The highest BCUT2D eigenvalue weighted by molar-refractivity contribution is 5.95. The first-order chi connectivity index (χ1) is 14.0. The van der Waals surface area contributed by atoms with Crippen LogP contribution in [0, 0.1) is 17.6 Å². The lowest BCUT2D eigenvalue weighted by Gasteiger charge is -2.50. The number of benzene rings is 1. The van der Waals surface area contributed by atoms with E-state index in [1.54, 1.807) is 6.33 Å². The van der Waals surface area contributed by atoms with Crippen LogP contribution in [0.3, 0.4) is 0 Å². The summed E-state index contributed by atoms with van der Waals surface area (Å²) in [5, 5.41) is 0. The number of piperidine rings is 1. The average Bonchev–Trinajstić information content (AvgIpc) is 3.45. The van der Waals surface area contributed by atoms with Gasteiger partial charge in [0.25, 0.3) is 5.91 Å². The molecule has 2 fully saturated rings. The molecule has 0 unspecified atom stereocenters. The molecular weight excluding hydrogens is 378 g/mol. The summed E-state index contributed by atoms with van der Waals surface area (Å²) in [4.78, 5) is 36.9. The van der Waals surface area contributed by atoms with Crippen LogP contribution in [-0.2, 0) is 16.8 Å². The number of fused-ring (bicyclic) bond motifs is 2. The molecule has 0 radical (unpaired) electrons. The number of carbonyl (C=O) groups excluding carboxylic acids is 2. The monoisotopic (exact) mass is 400 g/mol. The number of nitrogens with one attached hydrogen (secondary N) is 1. The number of aromatic amines is 1. The van der Waals surface area contributed by atoms with Crippen LogP contribution >= 0.6 is 0 Å². The minimum atomic E-state index is -0.854. The number of nitrogens with zero attached hydrogens (tertiary/aromatic N) is 3. The highest BCUT2D eigenvalue weighted by Crippen LogP contribution is 2.45. The van der Waals surface area contributed by atoms with Gasteiger partial charge < -0.3 is 14.8 Å². The summed E-state index contributed by atoms with van der Waals surface area (Å²) >= 11 is 0. The molecule has 152 valence electrons. The van der Waals surface area contributed by atoms with Crippen LogP contribution < -0.4 is 0 Å². The summed E-state index contributed by atoms with van der Waals surface area (Å²) in [7, 11) is 0. The van der Waals surface area contributed by atoms with Gasteiger partial charge in [0.15, 0.2) is 0 Å². The molecule has 2 aliphatic heterocycles. The SMILES string of the molecule is O=C(c1c(F)cccc1F)N1CCC2(CC1)c1nc[nH]c1CCN2C(=O)C1CC1. The van der Waals surface area contributed by atoms with Crippen molar-refractivity contribution in [1.29, 1.82) is 0 Å². The van der Waals surface area contributed by atoms with E-state index in [9.17, 15) is 18.4 Å². The number of carbonyl (C=O) groups is 2. The van der Waals surface area contributed by atoms with E-state index in [4.69, 9.17) is 0 Å². The predicted molar refractivity (Wildman–Crippen MR) is 99.9 cm³/mol. The van der Waals surface area contributed by atoms with E-state index in [-0.39, 0.29) is 11.8 Å². The van der Waals surface area contributed by atoms with Gasteiger partial charge in [0.1, 0.15) is 17.2 Å². The molecule has 3 heterocycles. The molecule has 0 bridgehead atoms. The third-order valence-electron chi connectivity index (χ3n) is 6.51. The molecule has 1 aromatic carbocycles. The topological polar surface area (TPSA) is 69.3 Å². The van der Waals surface area contributed by atoms with Gasteiger partial charge in [0, 0.05) is 37.7 Å². The fraction of sp³-hybridized carbons (Fsp3) is 0.476. The van der Waals surface area contributed by atoms with Crippen LogP contribution in [-0.4, -0.2) is 51.2 Å². The van der Waals surface area contributed by atoms with Gasteiger partial charge in [-0.25, -0.2) is 13.8 Å². The normalized spacial score (nSPS) is 20.6. The third kappa shape index (κ3) is 2.84. The molecule has 3 aliphatic rings. The minimum absolute atomic E-state index is 0.0968. The number of imidazole rings is 1. The highest BCUT2D eigenvalue weighted by Gasteiger charge is 2.51. The van der Waals surface area contributed by atoms with Gasteiger partial charge in [-0.1, -0.05) is 6.07 Å². The molecule has 29 heavy (non-hydrogen) atoms. The second-order valence-corrected chi connectivity index (χ2v) is 8.16. The van der Waals surface area contributed by atoms with Crippen molar-refractivity contribution in [2.75, 3.05) is 19.6 Å². The third-order valence-corrected chi connectivity index (χ3v) is 6.51. The highest BCUT2D eigenvalue weighted by atomic mass is 19.1. The maximum atomic E-state index is 14.1. The smallest absolute Gasteiger partial charge is 0.259 e. The lowest BCUT2D eigenvalue weighted by molar-refractivity contribution is -0.143. The van der Waals surface area contributed by atoms with E-state index in [1.165, 1.54) is 11.0 Å². The number of H-pyrrole nitrogens is 1. The lowest BCUT2D eigenvalue weighted by Crippen LogP contribution is -2.59. The number of amides is 2. The van der Waals surface area contributed by atoms with Crippen molar-refractivity contribution in [2.45, 2.75) is 37.6 Å². The summed E-state index contributed by atoms with van der Waals surface area (Å²) in [5.41, 5.74) is 0.836. The Bertz CT molecular complexity index is 957. The molecule has 2 amide bonds. The molecule has 5 rings (SSSR count). The van der Waals surface area contributed by atoms with Crippen LogP contribution in [0.4, 0.5) is 8.78 Å². The standard InChI is InChI=1S/C21H22F2N4O2/c22-14-2-1-3-15(23)17(14)20(29)26-10-7-21(8-11-26)18-16(24-12-25-18)6-9-27(21)19(28)13-4-5-13/h1-3,12-13H,4-11H2,(H,24,25). The van der Waals surface area contributed by atoms with E-state index < -0.39 is 28.6 Å². The first-order valence-corrected chi connectivity index (χ1v) is 10.1. The number of hydrogen-bond donors (Lipinski definition) is 1. The number of rotatable bonds is 2. The first kappa shape index (κ1) is 18.3. The Balaban J connectivity index is 1.43. The van der Waals surface area contributed by atoms with Crippen LogP contribution in [0.25, 0.3) is 0 Å². The molecule has 2 aromatic rings. The Morgan fingerprint density at radius 2 is 1.79 bits per heavy atom. The minimum Gasteiger partial charge on any atom is -0.348 e. The van der Waals surface area contributed by atoms with Gasteiger partial charge in [-0.2, -0.15) is 0 Å². The van der Waals surface area contributed by atoms with Crippen molar-refractivity contribution in [1.82, 2.24) is 19.8 Å². The summed E-state index contributed by atoms with van der Waals surface area (Å²) in [6, 6.07) is 3.43. The molecular formula is C21H22F2N4O2. The molecule has 1 aliphatic carbocycles. The summed E-state index contributed by atoms with van der Waals surface area (Å²) in [6.45, 7) is 1.25. The van der Waals surface area contributed by atoms with Crippen molar-refractivity contribution in [3.05, 3.63) is 53.1 Å². The van der Waals surface area contributed by atoms with Gasteiger partial charge in [0.05, 0.1) is 17.6 Å². The van der Waals surface area contributed by atoms with E-state index in [0.717, 1.165) is 42.8 Å². The van der Waals surface area contributed by atoms with Crippen molar-refractivity contribution >= 4 is 11.8 Å². The molecule has 0 atom stereocenters. The van der Waals surface area contributed by atoms with Gasteiger partial charge in [-0.05, 0) is 37.8 Å². The van der Waals surface area contributed by atoms with E-state index >= 15 is 0 Å². The maximum Gasteiger partial charge on any atom is 0.259 e. The molecule has 6 nitrogen and oxygen atoms in total. The van der Waals surface area contributed by atoms with Crippen LogP contribution in [0.2, 0.25) is 0 Å². The van der Waals surface area contributed by atoms with Crippen LogP contribution in [0.15, 0.2) is 24.5 Å². The van der Waals surface area contributed by atoms with Crippen LogP contribution in [0.1, 0.15) is 47.4 Å². The zero-order chi connectivity index (χ0) is 20.2. The average molecular weight is 400 g/mol. The molecule has 8 heteroatoms.